The van der Waals surface area contributed by atoms with Crippen molar-refractivity contribution in [2.24, 2.45) is 0 Å². The summed E-state index contributed by atoms with van der Waals surface area (Å²) in [6, 6.07) is 1.33. The molecule has 1 aromatic heterocycles. The average Bonchev–Trinajstić information content (AvgIpc) is 2.90. The van der Waals surface area contributed by atoms with Gasteiger partial charge >= 0.3 is 0 Å². The van der Waals surface area contributed by atoms with Crippen molar-refractivity contribution in [1.29, 1.82) is 0 Å². The molecule has 1 N–H and O–H groups in total. The van der Waals surface area contributed by atoms with Crippen LogP contribution in [-0.4, -0.2) is 21.7 Å². The lowest BCUT2D eigenvalue weighted by atomic mass is 10.2. The monoisotopic (exact) mass is 314 g/mol. The zero-order valence-electron chi connectivity index (χ0n) is 11.1. The highest BCUT2D eigenvalue weighted by molar-refractivity contribution is 7.14. The van der Waals surface area contributed by atoms with E-state index < -0.39 is 22.2 Å². The molecule has 2 aromatic rings. The Balaban J connectivity index is 2.33. The predicted molar refractivity (Wildman–Crippen MR) is 73.9 cm³/mol. The van der Waals surface area contributed by atoms with Gasteiger partial charge in [0.05, 0.1) is 16.6 Å². The van der Waals surface area contributed by atoms with Crippen molar-refractivity contribution in [3.05, 3.63) is 38.9 Å². The van der Waals surface area contributed by atoms with Gasteiger partial charge in [0.1, 0.15) is 5.01 Å². The van der Waals surface area contributed by atoms with Crippen LogP contribution in [0, 0.1) is 21.7 Å². The molecule has 0 aliphatic rings. The van der Waals surface area contributed by atoms with Gasteiger partial charge in [-0.25, -0.2) is 8.78 Å². The van der Waals surface area contributed by atoms with E-state index >= 15 is 0 Å². The van der Waals surface area contributed by atoms with E-state index in [4.69, 9.17) is 0 Å². The third kappa shape index (κ3) is 3.56. The van der Waals surface area contributed by atoms with Crippen molar-refractivity contribution < 1.29 is 13.7 Å². The van der Waals surface area contributed by atoms with Crippen molar-refractivity contribution >= 4 is 17.0 Å². The molecule has 0 unspecified atom stereocenters. The predicted octanol–water partition coefficient (Wildman–Crippen LogP) is 2.89. The third-order valence-corrected chi connectivity index (χ3v) is 3.59. The minimum atomic E-state index is -1.26. The highest BCUT2D eigenvalue weighted by Gasteiger charge is 2.22. The quantitative estimate of drug-likeness (QED) is 0.504. The van der Waals surface area contributed by atoms with Crippen LogP contribution in [0.3, 0.4) is 0 Å². The molecule has 21 heavy (non-hydrogen) atoms. The van der Waals surface area contributed by atoms with Crippen molar-refractivity contribution in [3.63, 3.8) is 0 Å². The summed E-state index contributed by atoms with van der Waals surface area (Å²) in [6.07, 6.45) is 0.959. The van der Waals surface area contributed by atoms with Crippen LogP contribution in [0.2, 0.25) is 0 Å². The number of benzene rings is 1. The number of hydrogen-bond acceptors (Lipinski definition) is 6. The summed E-state index contributed by atoms with van der Waals surface area (Å²) in [5.41, 5.74) is -0.601. The molecular weight excluding hydrogens is 302 g/mol. The molecule has 0 aliphatic carbocycles. The minimum absolute atomic E-state index is 0.0712. The second-order valence-electron chi connectivity index (χ2n) is 4.22. The summed E-state index contributed by atoms with van der Waals surface area (Å²) in [4.78, 5) is 10.2. The Morgan fingerprint density at radius 3 is 2.71 bits per heavy atom. The molecule has 0 fully saturated rings. The van der Waals surface area contributed by atoms with Gasteiger partial charge in [-0.2, -0.15) is 0 Å². The molecule has 9 heteroatoms. The number of hydrogen-bond donors (Lipinski definition) is 1. The Bertz CT molecular complexity index is 663. The highest BCUT2D eigenvalue weighted by atomic mass is 32.1. The summed E-state index contributed by atoms with van der Waals surface area (Å²) >= 11 is 1.10. The van der Waals surface area contributed by atoms with Crippen molar-refractivity contribution in [1.82, 2.24) is 15.5 Å². The molecule has 112 valence electrons. The first-order chi connectivity index (χ1) is 10.0. The van der Waals surface area contributed by atoms with Crippen LogP contribution < -0.4 is 5.32 Å². The SMILES string of the molecule is CCCNCc1nnc(-c2cc(F)c(F)cc2[N+](=O)[O-])s1. The topological polar surface area (TPSA) is 81.0 Å². The van der Waals surface area contributed by atoms with E-state index in [1.807, 2.05) is 6.92 Å². The summed E-state index contributed by atoms with van der Waals surface area (Å²) in [7, 11) is 0. The fourth-order valence-electron chi connectivity index (χ4n) is 1.66. The third-order valence-electron chi connectivity index (χ3n) is 2.64. The molecule has 0 saturated heterocycles. The lowest BCUT2D eigenvalue weighted by Crippen LogP contribution is -2.13. The first-order valence-electron chi connectivity index (χ1n) is 6.19. The number of nitro groups is 1. The molecule has 6 nitrogen and oxygen atoms in total. The van der Waals surface area contributed by atoms with Gasteiger partial charge < -0.3 is 5.32 Å². The molecule has 0 spiro atoms. The lowest BCUT2D eigenvalue weighted by Gasteiger charge is -2.00. The Morgan fingerprint density at radius 2 is 2.05 bits per heavy atom. The van der Waals surface area contributed by atoms with Gasteiger partial charge in [-0.05, 0) is 19.0 Å². The maximum absolute atomic E-state index is 13.3. The zero-order chi connectivity index (χ0) is 15.4. The number of nitro benzene ring substituents is 1. The van der Waals surface area contributed by atoms with Gasteiger partial charge in [0.25, 0.3) is 5.69 Å². The van der Waals surface area contributed by atoms with Crippen molar-refractivity contribution in [2.75, 3.05) is 6.54 Å². The van der Waals surface area contributed by atoms with E-state index in [1.54, 1.807) is 0 Å². The molecule has 0 saturated carbocycles. The van der Waals surface area contributed by atoms with E-state index in [9.17, 15) is 18.9 Å². The van der Waals surface area contributed by atoms with E-state index in [0.29, 0.717) is 17.6 Å². The Labute approximate surface area is 123 Å². The molecule has 1 heterocycles. The van der Waals surface area contributed by atoms with Crippen LogP contribution in [-0.2, 0) is 6.54 Å². The first-order valence-corrected chi connectivity index (χ1v) is 7.01. The fourth-order valence-corrected chi connectivity index (χ4v) is 2.50. The highest BCUT2D eigenvalue weighted by Crippen LogP contribution is 2.33. The average molecular weight is 314 g/mol. The van der Waals surface area contributed by atoms with Crippen LogP contribution in [0.1, 0.15) is 18.4 Å². The molecule has 0 radical (unpaired) electrons. The normalized spacial score (nSPS) is 10.8. The van der Waals surface area contributed by atoms with E-state index in [2.05, 4.69) is 15.5 Å². The van der Waals surface area contributed by atoms with Crippen LogP contribution in [0.4, 0.5) is 14.5 Å². The molecule has 2 rings (SSSR count). The van der Waals surface area contributed by atoms with E-state index in [1.165, 1.54) is 0 Å². The molecule has 1 aromatic carbocycles. The lowest BCUT2D eigenvalue weighted by molar-refractivity contribution is -0.384. The smallest absolute Gasteiger partial charge is 0.282 e. The molecule has 0 amide bonds. The van der Waals surface area contributed by atoms with Gasteiger partial charge in [0, 0.05) is 6.54 Å². The largest absolute Gasteiger partial charge is 0.310 e. The molecule has 0 aliphatic heterocycles. The van der Waals surface area contributed by atoms with Gasteiger partial charge in [-0.15, -0.1) is 10.2 Å². The number of aromatic nitrogens is 2. The molecule has 0 bridgehead atoms. The van der Waals surface area contributed by atoms with Crippen LogP contribution in [0.25, 0.3) is 10.6 Å². The standard InChI is InChI=1S/C12H12F2N4O2S/c1-2-3-15-6-11-16-17-12(21-11)7-4-8(13)9(14)5-10(7)18(19)20/h4-5,15H,2-3,6H2,1H3. The molecular formula is C12H12F2N4O2S. The number of halogens is 2. The number of nitrogens with one attached hydrogen (secondary N) is 1. The Morgan fingerprint density at radius 1 is 1.33 bits per heavy atom. The first kappa shape index (κ1) is 15.4. The number of rotatable bonds is 6. The fraction of sp³-hybridized carbons (Fsp3) is 0.333. The Kier molecular flexibility index (Phi) is 4.86. The second-order valence-corrected chi connectivity index (χ2v) is 5.28. The maximum atomic E-state index is 13.3. The van der Waals surface area contributed by atoms with Crippen LogP contribution >= 0.6 is 11.3 Å². The van der Waals surface area contributed by atoms with Crippen LogP contribution in [0.5, 0.6) is 0 Å². The van der Waals surface area contributed by atoms with E-state index in [-0.39, 0.29) is 10.6 Å². The maximum Gasteiger partial charge on any atom is 0.282 e. The van der Waals surface area contributed by atoms with Gasteiger partial charge in [-0.3, -0.25) is 10.1 Å². The van der Waals surface area contributed by atoms with E-state index in [0.717, 1.165) is 30.4 Å². The van der Waals surface area contributed by atoms with Gasteiger partial charge in [0.15, 0.2) is 16.6 Å². The zero-order valence-corrected chi connectivity index (χ0v) is 11.9. The van der Waals surface area contributed by atoms with Crippen molar-refractivity contribution in [2.45, 2.75) is 19.9 Å². The van der Waals surface area contributed by atoms with Crippen LogP contribution in [0.15, 0.2) is 12.1 Å². The summed E-state index contributed by atoms with van der Waals surface area (Å²) < 4.78 is 26.4. The minimum Gasteiger partial charge on any atom is -0.310 e. The van der Waals surface area contributed by atoms with Gasteiger partial charge in [-0.1, -0.05) is 18.3 Å². The number of nitrogens with zero attached hydrogens (tertiary/aromatic N) is 3. The van der Waals surface area contributed by atoms with Crippen molar-refractivity contribution in [3.8, 4) is 10.6 Å². The van der Waals surface area contributed by atoms with Gasteiger partial charge in [0.2, 0.25) is 0 Å². The Hall–Kier alpha value is -2.00. The molecule has 0 atom stereocenters. The summed E-state index contributed by atoms with van der Waals surface area (Å²) in [6.45, 7) is 3.30. The summed E-state index contributed by atoms with van der Waals surface area (Å²) in [5.74, 6) is -2.42. The summed E-state index contributed by atoms with van der Waals surface area (Å²) in [5, 5.41) is 22.6. The second kappa shape index (κ2) is 6.64.